The van der Waals surface area contributed by atoms with Crippen LogP contribution in [-0.2, 0) is 5.75 Å². The average molecular weight is 431 g/mol. The molecule has 2 aromatic rings. The molecule has 2 saturated heterocycles. The van der Waals surface area contributed by atoms with Crippen LogP contribution in [0.25, 0.3) is 0 Å². The lowest BCUT2D eigenvalue weighted by atomic mass is 10.1. The maximum Gasteiger partial charge on any atom is 0.257 e. The number of fused-ring (bicyclic) bond motifs is 2. The monoisotopic (exact) mass is 430 g/mol. The van der Waals surface area contributed by atoms with Crippen LogP contribution in [0, 0.1) is 6.92 Å². The largest absolute Gasteiger partial charge is 0.361 e. The lowest BCUT2D eigenvalue weighted by molar-refractivity contribution is 0.0676. The normalized spacial score (nSPS) is 21.1. The second kappa shape index (κ2) is 9.78. The van der Waals surface area contributed by atoms with Gasteiger partial charge in [-0.3, -0.25) is 4.79 Å². The highest BCUT2D eigenvalue weighted by Crippen LogP contribution is 2.32. The zero-order valence-electron chi connectivity index (χ0n) is 15.1. The average Bonchev–Trinajstić information content (AvgIpc) is 3.14. The predicted molar refractivity (Wildman–Crippen MR) is 110 cm³/mol. The number of aryl methyl sites for hydroxylation is 1. The van der Waals surface area contributed by atoms with Crippen LogP contribution in [0.1, 0.15) is 41.1 Å². The molecule has 2 atom stereocenters. The summed E-state index contributed by atoms with van der Waals surface area (Å²) in [6, 6.07) is 6.30. The Kier molecular flexibility index (Phi) is 7.97. The van der Waals surface area contributed by atoms with Gasteiger partial charge in [0.25, 0.3) is 5.91 Å². The van der Waals surface area contributed by atoms with Crippen molar-refractivity contribution in [1.82, 2.24) is 20.4 Å². The van der Waals surface area contributed by atoms with Gasteiger partial charge in [0.2, 0.25) is 0 Å². The SMILES string of the molecule is Cc1cc(CSc2ncccc2C(=O)N2C3CCNCC2CC3)no1.Cl.Cl. The number of thioether (sulfide) groups is 1. The highest BCUT2D eigenvalue weighted by atomic mass is 35.5. The molecule has 1 amide bonds. The second-order valence-electron chi connectivity index (χ2n) is 6.66. The molecule has 0 aliphatic carbocycles. The van der Waals surface area contributed by atoms with Crippen molar-refractivity contribution in [2.45, 2.75) is 49.0 Å². The van der Waals surface area contributed by atoms with E-state index >= 15 is 0 Å². The molecule has 0 aromatic carbocycles. The number of nitrogens with zero attached hydrogens (tertiary/aromatic N) is 3. The first-order chi connectivity index (χ1) is 12.2. The molecule has 2 aromatic heterocycles. The molecule has 0 spiro atoms. The number of amides is 1. The van der Waals surface area contributed by atoms with Gasteiger partial charge in [0, 0.05) is 36.6 Å². The molecule has 4 rings (SSSR count). The molecule has 4 heterocycles. The summed E-state index contributed by atoms with van der Waals surface area (Å²) in [4.78, 5) is 19.8. The summed E-state index contributed by atoms with van der Waals surface area (Å²) in [5.41, 5.74) is 1.57. The molecule has 0 saturated carbocycles. The number of pyridine rings is 1. The van der Waals surface area contributed by atoms with Gasteiger partial charge in [-0.2, -0.15) is 0 Å². The Balaban J connectivity index is 0.00000131. The van der Waals surface area contributed by atoms with E-state index in [4.69, 9.17) is 4.52 Å². The number of carbonyl (C=O) groups excluding carboxylic acids is 1. The first-order valence-corrected chi connectivity index (χ1v) is 9.74. The highest BCUT2D eigenvalue weighted by Gasteiger charge is 2.39. The van der Waals surface area contributed by atoms with Gasteiger partial charge in [-0.25, -0.2) is 4.98 Å². The zero-order chi connectivity index (χ0) is 17.2. The van der Waals surface area contributed by atoms with Crippen LogP contribution in [0.5, 0.6) is 0 Å². The number of rotatable bonds is 4. The fraction of sp³-hybridized carbons (Fsp3) is 0.500. The second-order valence-corrected chi connectivity index (χ2v) is 7.63. The summed E-state index contributed by atoms with van der Waals surface area (Å²) in [5, 5.41) is 8.23. The van der Waals surface area contributed by atoms with Gasteiger partial charge in [0.1, 0.15) is 10.8 Å². The minimum Gasteiger partial charge on any atom is -0.361 e. The minimum absolute atomic E-state index is 0. The van der Waals surface area contributed by atoms with Gasteiger partial charge in [-0.05, 0) is 44.9 Å². The van der Waals surface area contributed by atoms with Crippen molar-refractivity contribution in [1.29, 1.82) is 0 Å². The lowest BCUT2D eigenvalue weighted by Gasteiger charge is -2.28. The van der Waals surface area contributed by atoms with E-state index in [2.05, 4.69) is 20.4 Å². The van der Waals surface area contributed by atoms with Crippen LogP contribution in [0.3, 0.4) is 0 Å². The molecule has 27 heavy (non-hydrogen) atoms. The van der Waals surface area contributed by atoms with E-state index in [0.29, 0.717) is 23.4 Å². The number of carbonyl (C=O) groups is 1. The van der Waals surface area contributed by atoms with Crippen molar-refractivity contribution in [3.05, 3.63) is 41.4 Å². The number of hydrogen-bond acceptors (Lipinski definition) is 6. The zero-order valence-corrected chi connectivity index (χ0v) is 17.5. The fourth-order valence-electron chi connectivity index (χ4n) is 3.75. The van der Waals surface area contributed by atoms with Crippen molar-refractivity contribution in [3.8, 4) is 0 Å². The Morgan fingerprint density at radius 1 is 1.33 bits per heavy atom. The van der Waals surface area contributed by atoms with Gasteiger partial charge in [0.15, 0.2) is 0 Å². The Hall–Kier alpha value is -1.28. The van der Waals surface area contributed by atoms with Crippen molar-refractivity contribution >= 4 is 42.5 Å². The first-order valence-electron chi connectivity index (χ1n) is 8.76. The van der Waals surface area contributed by atoms with Gasteiger partial charge in [-0.1, -0.05) is 16.9 Å². The van der Waals surface area contributed by atoms with Crippen LogP contribution in [0.4, 0.5) is 0 Å². The summed E-state index contributed by atoms with van der Waals surface area (Å²) in [5.74, 6) is 1.55. The topological polar surface area (TPSA) is 71.3 Å². The van der Waals surface area contributed by atoms with E-state index in [-0.39, 0.29) is 30.7 Å². The summed E-state index contributed by atoms with van der Waals surface area (Å²) < 4.78 is 5.11. The van der Waals surface area contributed by atoms with Gasteiger partial charge in [-0.15, -0.1) is 24.8 Å². The van der Waals surface area contributed by atoms with E-state index in [9.17, 15) is 4.79 Å². The van der Waals surface area contributed by atoms with Gasteiger partial charge >= 0.3 is 0 Å². The summed E-state index contributed by atoms with van der Waals surface area (Å²) in [7, 11) is 0. The van der Waals surface area contributed by atoms with Gasteiger partial charge < -0.3 is 14.7 Å². The Labute approximate surface area is 175 Å². The maximum atomic E-state index is 13.3. The van der Waals surface area contributed by atoms with Crippen LogP contribution in [0.2, 0.25) is 0 Å². The summed E-state index contributed by atoms with van der Waals surface area (Å²) in [6.45, 7) is 3.76. The molecular formula is C18H24Cl2N4O2S. The van der Waals surface area contributed by atoms with Crippen molar-refractivity contribution < 1.29 is 9.32 Å². The third-order valence-corrected chi connectivity index (χ3v) is 5.96. The van der Waals surface area contributed by atoms with E-state index in [1.165, 1.54) is 11.8 Å². The fourth-order valence-corrected chi connectivity index (χ4v) is 4.62. The maximum absolute atomic E-state index is 13.3. The number of aromatic nitrogens is 2. The third-order valence-electron chi connectivity index (χ3n) is 4.92. The third kappa shape index (κ3) is 4.77. The number of hydrogen-bond donors (Lipinski definition) is 1. The van der Waals surface area contributed by atoms with E-state index in [1.54, 1.807) is 6.20 Å². The van der Waals surface area contributed by atoms with Crippen LogP contribution < -0.4 is 5.32 Å². The quantitative estimate of drug-likeness (QED) is 0.748. The molecule has 1 N–H and O–H groups in total. The lowest BCUT2D eigenvalue weighted by Crippen LogP contribution is -2.42. The molecule has 6 nitrogen and oxygen atoms in total. The molecule has 148 valence electrons. The van der Waals surface area contributed by atoms with Crippen LogP contribution in [0.15, 0.2) is 33.9 Å². The molecular weight excluding hydrogens is 407 g/mol. The van der Waals surface area contributed by atoms with Crippen molar-refractivity contribution in [2.75, 3.05) is 13.1 Å². The molecule has 2 unspecified atom stereocenters. The molecule has 2 aliphatic heterocycles. The highest BCUT2D eigenvalue weighted by molar-refractivity contribution is 7.98. The Morgan fingerprint density at radius 2 is 2.15 bits per heavy atom. The number of nitrogens with one attached hydrogen (secondary N) is 1. The summed E-state index contributed by atoms with van der Waals surface area (Å²) >= 11 is 1.54. The van der Waals surface area contributed by atoms with Gasteiger partial charge in [0.05, 0.1) is 11.3 Å². The van der Waals surface area contributed by atoms with E-state index in [1.807, 2.05) is 25.1 Å². The first kappa shape index (κ1) is 22.0. The van der Waals surface area contributed by atoms with Crippen LogP contribution >= 0.6 is 36.6 Å². The van der Waals surface area contributed by atoms with E-state index < -0.39 is 0 Å². The van der Waals surface area contributed by atoms with E-state index in [0.717, 1.165) is 48.8 Å². The molecule has 0 radical (unpaired) electrons. The van der Waals surface area contributed by atoms with Crippen molar-refractivity contribution in [3.63, 3.8) is 0 Å². The van der Waals surface area contributed by atoms with Crippen molar-refractivity contribution in [2.24, 2.45) is 0 Å². The molecule has 9 heteroatoms. The summed E-state index contributed by atoms with van der Waals surface area (Å²) in [6.07, 6.45) is 4.97. The smallest absolute Gasteiger partial charge is 0.257 e. The molecule has 2 bridgehead atoms. The molecule has 2 fully saturated rings. The van der Waals surface area contributed by atoms with Crippen LogP contribution in [-0.4, -0.2) is 46.1 Å². The Bertz CT molecular complexity index is 759. The number of halogens is 2. The predicted octanol–water partition coefficient (Wildman–Crippen LogP) is 3.48. The standard InChI is InChI=1S/C18H22N4O2S.2ClH/c1-12-9-13(21-24-12)11-25-17-16(3-2-7-20-17)18(23)22-14-4-5-15(22)10-19-8-6-14;;/h2-3,7,9,14-15,19H,4-6,8,10-11H2,1H3;2*1H. The minimum atomic E-state index is 0. The Morgan fingerprint density at radius 3 is 2.93 bits per heavy atom. The molecule has 2 aliphatic rings.